The molecule has 1 aromatic heterocycles. The van der Waals surface area contributed by atoms with E-state index in [0.717, 1.165) is 4.31 Å². The number of nitrogens with one attached hydrogen (secondary N) is 1. The minimum atomic E-state index is -3.53. The van der Waals surface area contributed by atoms with Crippen LogP contribution in [0, 0.1) is 0 Å². The van der Waals surface area contributed by atoms with Gasteiger partial charge in [0.2, 0.25) is 11.0 Å². The molecule has 0 saturated carbocycles. The highest BCUT2D eigenvalue weighted by Crippen LogP contribution is 2.16. The molecule has 8 heteroatoms. The van der Waals surface area contributed by atoms with Gasteiger partial charge in [-0.05, 0) is 12.1 Å². The van der Waals surface area contributed by atoms with E-state index in [1.165, 1.54) is 25.1 Å². The van der Waals surface area contributed by atoms with Crippen LogP contribution in [0.25, 0.3) is 0 Å². The smallest absolute Gasteiger partial charge is 0.275 e. The molecule has 7 nitrogen and oxygen atoms in total. The predicted molar refractivity (Wildman–Crippen MR) is 74.6 cm³/mol. The number of hydrogen-bond donors (Lipinski definition) is 1. The van der Waals surface area contributed by atoms with Crippen molar-refractivity contribution in [2.24, 2.45) is 0 Å². The fraction of sp³-hybridized carbons (Fsp3) is 0.583. The molecule has 114 valence electrons. The molecule has 0 spiro atoms. The van der Waals surface area contributed by atoms with E-state index in [-0.39, 0.29) is 11.0 Å². The minimum Gasteiger partial charge on any atom is -0.447 e. The van der Waals surface area contributed by atoms with E-state index in [9.17, 15) is 13.2 Å². The molecule has 0 saturated heterocycles. The zero-order valence-corrected chi connectivity index (χ0v) is 13.0. The van der Waals surface area contributed by atoms with Gasteiger partial charge in [0.15, 0.2) is 0 Å². The molecule has 0 bridgehead atoms. The van der Waals surface area contributed by atoms with Crippen molar-refractivity contribution in [1.29, 1.82) is 0 Å². The van der Waals surface area contributed by atoms with Crippen molar-refractivity contribution in [3.8, 4) is 0 Å². The average Bonchev–Trinajstić information content (AvgIpc) is 2.83. The van der Waals surface area contributed by atoms with Gasteiger partial charge in [0, 0.05) is 41.2 Å². The van der Waals surface area contributed by atoms with E-state index >= 15 is 0 Å². The van der Waals surface area contributed by atoms with Crippen molar-refractivity contribution in [2.75, 3.05) is 34.7 Å². The van der Waals surface area contributed by atoms with E-state index in [1.807, 2.05) is 0 Å². The van der Waals surface area contributed by atoms with Gasteiger partial charge in [0.1, 0.15) is 5.76 Å². The first-order valence-corrected chi connectivity index (χ1v) is 7.61. The molecule has 1 amide bonds. The fourth-order valence-corrected chi connectivity index (χ4v) is 2.21. The maximum absolute atomic E-state index is 11.8. The zero-order valence-electron chi connectivity index (χ0n) is 12.2. The zero-order chi connectivity index (χ0) is 15.3. The summed E-state index contributed by atoms with van der Waals surface area (Å²) >= 11 is 0. The second-order valence-electron chi connectivity index (χ2n) is 4.72. The normalized spacial score (nSPS) is 11.8. The highest BCUT2D eigenvalue weighted by Gasteiger charge is 2.21. The van der Waals surface area contributed by atoms with Crippen LogP contribution in [0.1, 0.15) is 12.2 Å². The molecule has 1 aromatic rings. The van der Waals surface area contributed by atoms with Crippen molar-refractivity contribution in [2.45, 2.75) is 18.1 Å². The van der Waals surface area contributed by atoms with E-state index in [1.54, 1.807) is 20.2 Å². The second-order valence-corrected chi connectivity index (χ2v) is 6.81. The van der Waals surface area contributed by atoms with Crippen LogP contribution in [0.3, 0.4) is 0 Å². The van der Waals surface area contributed by atoms with Gasteiger partial charge in [-0.2, -0.15) is 0 Å². The summed E-state index contributed by atoms with van der Waals surface area (Å²) in [6, 6.07) is 3.04. The molecule has 0 fully saturated rings. The minimum absolute atomic E-state index is 0.0350. The third-order valence-corrected chi connectivity index (χ3v) is 4.37. The van der Waals surface area contributed by atoms with Crippen molar-refractivity contribution in [3.05, 3.63) is 17.9 Å². The quantitative estimate of drug-likeness (QED) is 0.722. The Labute approximate surface area is 119 Å². The van der Waals surface area contributed by atoms with Crippen molar-refractivity contribution >= 4 is 15.9 Å². The molecule has 1 rings (SSSR count). The summed E-state index contributed by atoms with van der Waals surface area (Å²) in [7, 11) is 2.76. The molecule has 20 heavy (non-hydrogen) atoms. The molecule has 1 heterocycles. The summed E-state index contributed by atoms with van der Waals surface area (Å²) in [5.41, 5.74) is 0. The third-order valence-electron chi connectivity index (χ3n) is 2.69. The van der Waals surface area contributed by atoms with Crippen LogP contribution in [-0.4, -0.2) is 58.3 Å². The van der Waals surface area contributed by atoms with Crippen LogP contribution in [0.4, 0.5) is 0 Å². The van der Waals surface area contributed by atoms with Crippen LogP contribution >= 0.6 is 0 Å². The van der Waals surface area contributed by atoms with Gasteiger partial charge >= 0.3 is 0 Å². The summed E-state index contributed by atoms with van der Waals surface area (Å²) in [6.07, 6.45) is 0.385. The van der Waals surface area contributed by atoms with Crippen LogP contribution < -0.4 is 5.32 Å². The average molecular weight is 303 g/mol. The first kappa shape index (κ1) is 16.7. The van der Waals surface area contributed by atoms with Crippen LogP contribution in [0.2, 0.25) is 0 Å². The topological polar surface area (TPSA) is 82.9 Å². The lowest BCUT2D eigenvalue weighted by Gasteiger charge is -2.10. The number of nitrogens with zero attached hydrogens (tertiary/aromatic N) is 2. The number of amides is 1. The Bertz CT molecular complexity index is 549. The molecule has 0 radical (unpaired) electrons. The van der Waals surface area contributed by atoms with Crippen LogP contribution in [-0.2, 0) is 21.4 Å². The molecule has 0 aliphatic heterocycles. The van der Waals surface area contributed by atoms with Crippen LogP contribution in [0.5, 0.6) is 0 Å². The third kappa shape index (κ3) is 4.32. The van der Waals surface area contributed by atoms with Gasteiger partial charge in [0.05, 0.1) is 6.54 Å². The monoisotopic (exact) mass is 303 g/mol. The molecule has 0 unspecified atom stereocenters. The van der Waals surface area contributed by atoms with E-state index in [0.29, 0.717) is 25.3 Å². The Balaban J connectivity index is 2.48. The maximum atomic E-state index is 11.8. The summed E-state index contributed by atoms with van der Waals surface area (Å²) in [4.78, 5) is 12.9. The molecule has 1 N–H and O–H groups in total. The van der Waals surface area contributed by atoms with Crippen molar-refractivity contribution in [1.82, 2.24) is 14.5 Å². The van der Waals surface area contributed by atoms with Gasteiger partial charge in [-0.25, -0.2) is 12.7 Å². The number of hydrogen-bond acceptors (Lipinski definition) is 5. The van der Waals surface area contributed by atoms with E-state index in [4.69, 9.17) is 4.42 Å². The molecular weight excluding hydrogens is 282 g/mol. The number of carbonyl (C=O) groups excluding carboxylic acids is 1. The Kier molecular flexibility index (Phi) is 5.73. The molecular formula is C12H21N3O4S. The SMILES string of the molecule is CN(C)C(=O)CCNCc1ccc(S(=O)(=O)N(C)C)o1. The maximum Gasteiger partial charge on any atom is 0.275 e. The lowest BCUT2D eigenvalue weighted by Crippen LogP contribution is -2.26. The summed E-state index contributed by atoms with van der Waals surface area (Å²) in [5, 5.41) is 2.95. The van der Waals surface area contributed by atoms with Crippen molar-refractivity contribution in [3.63, 3.8) is 0 Å². The summed E-state index contributed by atoms with van der Waals surface area (Å²) in [6.45, 7) is 0.886. The largest absolute Gasteiger partial charge is 0.447 e. The van der Waals surface area contributed by atoms with Gasteiger partial charge in [-0.3, -0.25) is 4.79 Å². The predicted octanol–water partition coefficient (Wildman–Crippen LogP) is 0.0978. The van der Waals surface area contributed by atoms with Gasteiger partial charge in [-0.1, -0.05) is 0 Å². The van der Waals surface area contributed by atoms with Gasteiger partial charge < -0.3 is 14.6 Å². The van der Waals surface area contributed by atoms with Gasteiger partial charge in [0.25, 0.3) is 10.0 Å². The fourth-order valence-electron chi connectivity index (χ4n) is 1.40. The summed E-state index contributed by atoms with van der Waals surface area (Å²) < 4.78 is 30.0. The highest BCUT2D eigenvalue weighted by molar-refractivity contribution is 7.88. The van der Waals surface area contributed by atoms with Crippen LogP contribution in [0.15, 0.2) is 21.6 Å². The Morgan fingerprint density at radius 2 is 1.90 bits per heavy atom. The lowest BCUT2D eigenvalue weighted by molar-refractivity contribution is -0.128. The first-order valence-electron chi connectivity index (χ1n) is 6.17. The Morgan fingerprint density at radius 1 is 1.25 bits per heavy atom. The van der Waals surface area contributed by atoms with E-state index in [2.05, 4.69) is 5.32 Å². The van der Waals surface area contributed by atoms with E-state index < -0.39 is 10.0 Å². The Morgan fingerprint density at radius 3 is 2.45 bits per heavy atom. The first-order chi connectivity index (χ1) is 9.25. The number of furan rings is 1. The number of rotatable bonds is 7. The number of sulfonamides is 1. The molecule has 0 aliphatic rings. The highest BCUT2D eigenvalue weighted by atomic mass is 32.2. The lowest BCUT2D eigenvalue weighted by atomic mass is 10.3. The standard InChI is InChI=1S/C12H21N3O4S/c1-14(2)11(16)7-8-13-9-10-5-6-12(19-10)20(17,18)15(3)4/h5-6,13H,7-9H2,1-4H3. The Hall–Kier alpha value is -1.38. The summed E-state index contributed by atoms with van der Waals surface area (Å²) in [5.74, 6) is 0.551. The molecule has 0 aromatic carbocycles. The van der Waals surface area contributed by atoms with Crippen molar-refractivity contribution < 1.29 is 17.6 Å². The molecule has 0 aliphatic carbocycles. The van der Waals surface area contributed by atoms with Gasteiger partial charge in [-0.15, -0.1) is 0 Å². The second kappa shape index (κ2) is 6.87. The number of carbonyl (C=O) groups is 1. The molecule has 0 atom stereocenters.